The second kappa shape index (κ2) is 8.67. The molecule has 0 radical (unpaired) electrons. The van der Waals surface area contributed by atoms with Gasteiger partial charge in [0.1, 0.15) is 0 Å². The third-order valence-corrected chi connectivity index (χ3v) is 5.19. The van der Waals surface area contributed by atoms with Crippen LogP contribution in [0.25, 0.3) is 17.2 Å². The average Bonchev–Trinajstić information content (AvgIpc) is 3.47. The molecule has 1 saturated carbocycles. The van der Waals surface area contributed by atoms with Crippen LogP contribution < -0.4 is 0 Å². The van der Waals surface area contributed by atoms with Gasteiger partial charge in [0.05, 0.1) is 24.3 Å². The summed E-state index contributed by atoms with van der Waals surface area (Å²) < 4.78 is 0. The maximum atomic E-state index is 10.7. The predicted molar refractivity (Wildman–Crippen MR) is 109 cm³/mol. The molecule has 1 aromatic heterocycles. The number of carboxylic acids is 1. The van der Waals surface area contributed by atoms with Gasteiger partial charge in [0, 0.05) is 23.6 Å². The van der Waals surface area contributed by atoms with E-state index in [9.17, 15) is 15.0 Å². The highest BCUT2D eigenvalue weighted by Gasteiger charge is 2.29. The van der Waals surface area contributed by atoms with E-state index in [1.54, 1.807) is 6.08 Å². The number of nitrogens with zero attached hydrogens (tertiary/aromatic N) is 1. The molecule has 1 aliphatic rings. The normalized spacial score (nSPS) is 16.3. The maximum absolute atomic E-state index is 10.7. The van der Waals surface area contributed by atoms with Gasteiger partial charge in [-0.05, 0) is 43.4 Å². The van der Waals surface area contributed by atoms with E-state index in [0.29, 0.717) is 5.92 Å². The lowest BCUT2D eigenvalue weighted by Crippen LogP contribution is -2.19. The van der Waals surface area contributed by atoms with Gasteiger partial charge < -0.3 is 15.3 Å². The zero-order valence-electron chi connectivity index (χ0n) is 16.3. The summed E-state index contributed by atoms with van der Waals surface area (Å²) in [6.45, 7) is 4.09. The molecule has 1 aromatic carbocycles. The Kier molecular flexibility index (Phi) is 6.27. The lowest BCUT2D eigenvalue weighted by atomic mass is 9.91. The first-order valence-electron chi connectivity index (χ1n) is 9.69. The van der Waals surface area contributed by atoms with E-state index in [2.05, 4.69) is 19.1 Å². The van der Waals surface area contributed by atoms with Gasteiger partial charge in [-0.1, -0.05) is 42.5 Å². The van der Waals surface area contributed by atoms with Crippen LogP contribution in [0.5, 0.6) is 0 Å². The van der Waals surface area contributed by atoms with Gasteiger partial charge in [0.2, 0.25) is 0 Å². The summed E-state index contributed by atoms with van der Waals surface area (Å²) in [5, 5.41) is 28.8. The molecule has 3 rings (SSSR count). The van der Waals surface area contributed by atoms with Crippen LogP contribution in [0.4, 0.5) is 0 Å². The molecule has 1 heterocycles. The van der Waals surface area contributed by atoms with Crippen LogP contribution >= 0.6 is 0 Å². The predicted octanol–water partition coefficient (Wildman–Crippen LogP) is 3.84. The third kappa shape index (κ3) is 4.86. The van der Waals surface area contributed by atoms with E-state index in [1.165, 1.54) is 0 Å². The Morgan fingerprint density at radius 1 is 1.21 bits per heavy atom. The number of carboxylic acid groups (broad SMARTS) is 1. The first kappa shape index (κ1) is 20.2. The standard InChI is InChI=1S/C23H27NO4/c1-14-15(2)24-23(17-8-9-17)20(22(14)16-6-4-3-5-7-16)11-10-18(25)12-19(26)13-21(27)28/h3-7,10-11,17-19,25-26H,8-9,12-13H2,1-2H3,(H,27,28)/b11-10+/t18-,19-/m1/s1. The fraction of sp³-hybridized carbons (Fsp3) is 0.391. The maximum Gasteiger partial charge on any atom is 0.305 e. The first-order valence-corrected chi connectivity index (χ1v) is 9.69. The number of aliphatic carboxylic acids is 1. The Balaban J connectivity index is 1.97. The van der Waals surface area contributed by atoms with Crippen molar-refractivity contribution < 1.29 is 20.1 Å². The Morgan fingerprint density at radius 2 is 1.89 bits per heavy atom. The number of pyridine rings is 1. The SMILES string of the molecule is Cc1nc(C2CC2)c(/C=C/[C@@H](O)C[C@@H](O)CC(=O)O)c(-c2ccccc2)c1C. The molecular weight excluding hydrogens is 354 g/mol. The molecule has 0 amide bonds. The lowest BCUT2D eigenvalue weighted by Gasteiger charge is -2.17. The summed E-state index contributed by atoms with van der Waals surface area (Å²) in [7, 11) is 0. The van der Waals surface area contributed by atoms with Crippen molar-refractivity contribution in [2.24, 2.45) is 0 Å². The highest BCUT2D eigenvalue weighted by molar-refractivity contribution is 5.80. The first-order chi connectivity index (χ1) is 13.4. The summed E-state index contributed by atoms with van der Waals surface area (Å²) >= 11 is 0. The molecule has 0 spiro atoms. The largest absolute Gasteiger partial charge is 0.481 e. The zero-order valence-corrected chi connectivity index (χ0v) is 16.3. The Labute approximate surface area is 165 Å². The van der Waals surface area contributed by atoms with Crippen LogP contribution in [0.15, 0.2) is 36.4 Å². The quantitative estimate of drug-likeness (QED) is 0.646. The van der Waals surface area contributed by atoms with Gasteiger partial charge in [0.15, 0.2) is 0 Å². The molecule has 0 unspecified atom stereocenters. The molecule has 28 heavy (non-hydrogen) atoms. The van der Waals surface area contributed by atoms with Crippen LogP contribution in [0.2, 0.25) is 0 Å². The van der Waals surface area contributed by atoms with Crippen molar-refractivity contribution >= 4 is 12.0 Å². The summed E-state index contributed by atoms with van der Waals surface area (Å²) in [4.78, 5) is 15.5. The number of hydrogen-bond acceptors (Lipinski definition) is 4. The Bertz CT molecular complexity index is 872. The van der Waals surface area contributed by atoms with Crippen molar-refractivity contribution in [3.63, 3.8) is 0 Å². The topological polar surface area (TPSA) is 90.7 Å². The molecule has 5 nitrogen and oxygen atoms in total. The molecule has 148 valence electrons. The summed E-state index contributed by atoms with van der Waals surface area (Å²) in [5.74, 6) is -0.638. The molecule has 0 aliphatic heterocycles. The van der Waals surface area contributed by atoms with Crippen LogP contribution in [0.3, 0.4) is 0 Å². The number of carbonyl (C=O) groups is 1. The second-order valence-corrected chi connectivity index (χ2v) is 7.55. The van der Waals surface area contributed by atoms with Gasteiger partial charge in [-0.25, -0.2) is 0 Å². The minimum atomic E-state index is -1.08. The second-order valence-electron chi connectivity index (χ2n) is 7.55. The number of aromatic nitrogens is 1. The van der Waals surface area contributed by atoms with E-state index in [1.807, 2.05) is 31.2 Å². The Hall–Kier alpha value is -2.50. The van der Waals surface area contributed by atoms with Crippen LogP contribution in [-0.2, 0) is 4.79 Å². The molecular formula is C23H27NO4. The van der Waals surface area contributed by atoms with Crippen LogP contribution in [0.1, 0.15) is 54.1 Å². The molecule has 0 saturated heterocycles. The molecule has 1 aliphatic carbocycles. The van der Waals surface area contributed by atoms with E-state index in [-0.39, 0.29) is 12.8 Å². The molecule has 0 bridgehead atoms. The highest BCUT2D eigenvalue weighted by atomic mass is 16.4. The summed E-state index contributed by atoms with van der Waals surface area (Å²) in [6.07, 6.45) is 3.36. The van der Waals surface area contributed by atoms with Crippen molar-refractivity contribution in [1.82, 2.24) is 4.98 Å². The van der Waals surface area contributed by atoms with Crippen molar-refractivity contribution in [3.05, 3.63) is 58.9 Å². The number of aryl methyl sites for hydroxylation is 1. The minimum Gasteiger partial charge on any atom is -0.481 e. The third-order valence-electron chi connectivity index (χ3n) is 5.19. The van der Waals surface area contributed by atoms with Crippen molar-refractivity contribution in [2.75, 3.05) is 0 Å². The van der Waals surface area contributed by atoms with Crippen molar-refractivity contribution in [3.8, 4) is 11.1 Å². The van der Waals surface area contributed by atoms with E-state index >= 15 is 0 Å². The lowest BCUT2D eigenvalue weighted by molar-refractivity contribution is -0.139. The van der Waals surface area contributed by atoms with Gasteiger partial charge >= 0.3 is 5.97 Å². The summed E-state index contributed by atoms with van der Waals surface area (Å²) in [6, 6.07) is 10.1. The van der Waals surface area contributed by atoms with Crippen molar-refractivity contribution in [1.29, 1.82) is 0 Å². The molecule has 3 N–H and O–H groups in total. The number of benzene rings is 1. The molecule has 5 heteroatoms. The fourth-order valence-electron chi connectivity index (χ4n) is 3.50. The van der Waals surface area contributed by atoms with Crippen LogP contribution in [-0.4, -0.2) is 38.5 Å². The zero-order chi connectivity index (χ0) is 20.3. The number of aliphatic hydroxyl groups is 2. The smallest absolute Gasteiger partial charge is 0.305 e. The average molecular weight is 381 g/mol. The number of aliphatic hydroxyl groups excluding tert-OH is 2. The van der Waals surface area contributed by atoms with Crippen molar-refractivity contribution in [2.45, 2.75) is 57.7 Å². The van der Waals surface area contributed by atoms with Gasteiger partial charge in [-0.3, -0.25) is 9.78 Å². The number of hydrogen-bond donors (Lipinski definition) is 3. The van der Waals surface area contributed by atoms with Crippen LogP contribution in [0, 0.1) is 13.8 Å². The molecule has 1 fully saturated rings. The monoisotopic (exact) mass is 381 g/mol. The van der Waals surface area contributed by atoms with Gasteiger partial charge in [-0.15, -0.1) is 0 Å². The highest BCUT2D eigenvalue weighted by Crippen LogP contribution is 2.44. The molecule has 2 aromatic rings. The van der Waals surface area contributed by atoms with Gasteiger partial charge in [0.25, 0.3) is 0 Å². The molecule has 2 atom stereocenters. The fourth-order valence-corrected chi connectivity index (χ4v) is 3.50. The Morgan fingerprint density at radius 3 is 2.50 bits per heavy atom. The van der Waals surface area contributed by atoms with E-state index in [0.717, 1.165) is 46.5 Å². The number of rotatable bonds is 8. The van der Waals surface area contributed by atoms with E-state index < -0.39 is 18.2 Å². The summed E-state index contributed by atoms with van der Waals surface area (Å²) in [5.41, 5.74) is 6.39. The van der Waals surface area contributed by atoms with Gasteiger partial charge in [-0.2, -0.15) is 0 Å². The minimum absolute atomic E-state index is 0.0134. The van der Waals surface area contributed by atoms with E-state index in [4.69, 9.17) is 10.1 Å².